The molecule has 100 valence electrons. The molecule has 0 radical (unpaired) electrons. The fraction of sp³-hybridized carbons (Fsp3) is 0.333. The second-order valence-corrected chi connectivity index (χ2v) is 5.35. The third-order valence-corrected chi connectivity index (χ3v) is 3.67. The highest BCUT2D eigenvalue weighted by Gasteiger charge is 2.13. The van der Waals surface area contributed by atoms with Crippen LogP contribution in [0.4, 0.5) is 5.82 Å². The molecule has 19 heavy (non-hydrogen) atoms. The van der Waals surface area contributed by atoms with Crippen LogP contribution in [0.2, 0.25) is 0 Å². The SMILES string of the molecule is CCCNc1nc(C)c(C)nc1-c1ccccc1Br. The van der Waals surface area contributed by atoms with Crippen molar-refractivity contribution < 1.29 is 0 Å². The summed E-state index contributed by atoms with van der Waals surface area (Å²) in [6.45, 7) is 7.02. The summed E-state index contributed by atoms with van der Waals surface area (Å²) >= 11 is 3.58. The molecule has 3 nitrogen and oxygen atoms in total. The summed E-state index contributed by atoms with van der Waals surface area (Å²) in [7, 11) is 0. The van der Waals surface area contributed by atoms with Gasteiger partial charge in [-0.25, -0.2) is 9.97 Å². The third kappa shape index (κ3) is 3.13. The first-order valence-electron chi connectivity index (χ1n) is 6.47. The Kier molecular flexibility index (Phi) is 4.53. The number of aromatic nitrogens is 2. The van der Waals surface area contributed by atoms with E-state index in [9.17, 15) is 0 Å². The number of anilines is 1. The zero-order chi connectivity index (χ0) is 13.8. The summed E-state index contributed by atoms with van der Waals surface area (Å²) in [6.07, 6.45) is 1.06. The van der Waals surface area contributed by atoms with Crippen LogP contribution in [0.15, 0.2) is 28.7 Å². The molecule has 0 bridgehead atoms. The molecule has 2 aromatic rings. The molecule has 0 unspecified atom stereocenters. The van der Waals surface area contributed by atoms with Crippen LogP contribution >= 0.6 is 15.9 Å². The Balaban J connectivity index is 2.54. The number of aryl methyl sites for hydroxylation is 2. The smallest absolute Gasteiger partial charge is 0.152 e. The number of hydrogen-bond donors (Lipinski definition) is 1. The number of rotatable bonds is 4. The minimum atomic E-state index is 0.858. The van der Waals surface area contributed by atoms with E-state index in [4.69, 9.17) is 4.98 Å². The van der Waals surface area contributed by atoms with Gasteiger partial charge in [0.1, 0.15) is 5.69 Å². The minimum absolute atomic E-state index is 0.858. The molecule has 0 fully saturated rings. The summed E-state index contributed by atoms with van der Waals surface area (Å²) < 4.78 is 1.03. The van der Waals surface area contributed by atoms with Gasteiger partial charge < -0.3 is 5.32 Å². The van der Waals surface area contributed by atoms with E-state index in [1.165, 1.54) is 0 Å². The Morgan fingerprint density at radius 1 is 1.11 bits per heavy atom. The van der Waals surface area contributed by atoms with E-state index in [-0.39, 0.29) is 0 Å². The summed E-state index contributed by atoms with van der Waals surface area (Å²) in [4.78, 5) is 9.33. The number of benzene rings is 1. The molecule has 1 aromatic carbocycles. The van der Waals surface area contributed by atoms with Crippen LogP contribution < -0.4 is 5.32 Å². The van der Waals surface area contributed by atoms with E-state index >= 15 is 0 Å². The van der Waals surface area contributed by atoms with Gasteiger partial charge in [0.05, 0.1) is 11.4 Å². The van der Waals surface area contributed by atoms with E-state index < -0.39 is 0 Å². The van der Waals surface area contributed by atoms with Gasteiger partial charge in [-0.05, 0) is 26.3 Å². The van der Waals surface area contributed by atoms with Crippen molar-refractivity contribution in [3.8, 4) is 11.3 Å². The highest BCUT2D eigenvalue weighted by molar-refractivity contribution is 9.10. The number of nitrogens with zero attached hydrogens (tertiary/aromatic N) is 2. The predicted octanol–water partition coefficient (Wildman–Crippen LogP) is 4.34. The van der Waals surface area contributed by atoms with Gasteiger partial charge in [0, 0.05) is 16.6 Å². The van der Waals surface area contributed by atoms with Crippen molar-refractivity contribution in [2.24, 2.45) is 0 Å². The molecule has 4 heteroatoms. The summed E-state index contributed by atoms with van der Waals surface area (Å²) in [5.74, 6) is 0.858. The normalized spacial score (nSPS) is 10.5. The van der Waals surface area contributed by atoms with E-state index in [1.54, 1.807) is 0 Å². The maximum atomic E-state index is 4.70. The first-order valence-corrected chi connectivity index (χ1v) is 7.26. The van der Waals surface area contributed by atoms with Crippen LogP contribution in [0.5, 0.6) is 0 Å². The van der Waals surface area contributed by atoms with Gasteiger partial charge in [-0.15, -0.1) is 0 Å². The summed E-state index contributed by atoms with van der Waals surface area (Å²) in [6, 6.07) is 8.09. The van der Waals surface area contributed by atoms with Crippen molar-refractivity contribution in [3.63, 3.8) is 0 Å². The van der Waals surface area contributed by atoms with Gasteiger partial charge in [-0.2, -0.15) is 0 Å². The Hall–Kier alpha value is -1.42. The lowest BCUT2D eigenvalue weighted by Crippen LogP contribution is -2.07. The zero-order valence-electron chi connectivity index (χ0n) is 11.5. The molecule has 0 atom stereocenters. The van der Waals surface area contributed by atoms with Gasteiger partial charge in [0.15, 0.2) is 5.82 Å². The van der Waals surface area contributed by atoms with E-state index in [0.717, 1.165) is 45.9 Å². The zero-order valence-corrected chi connectivity index (χ0v) is 13.1. The van der Waals surface area contributed by atoms with E-state index in [1.807, 2.05) is 32.0 Å². The van der Waals surface area contributed by atoms with Crippen LogP contribution in [0.1, 0.15) is 24.7 Å². The largest absolute Gasteiger partial charge is 0.368 e. The molecule has 0 aliphatic rings. The topological polar surface area (TPSA) is 37.8 Å². The summed E-state index contributed by atoms with van der Waals surface area (Å²) in [5, 5.41) is 3.36. The fourth-order valence-electron chi connectivity index (χ4n) is 1.81. The Morgan fingerprint density at radius 3 is 2.47 bits per heavy atom. The number of nitrogens with one attached hydrogen (secondary N) is 1. The molecule has 0 aliphatic carbocycles. The van der Waals surface area contributed by atoms with Crippen LogP contribution in [-0.2, 0) is 0 Å². The van der Waals surface area contributed by atoms with Crippen molar-refractivity contribution in [2.45, 2.75) is 27.2 Å². The molecule has 2 rings (SSSR count). The first-order chi connectivity index (χ1) is 9.13. The number of halogens is 1. The van der Waals surface area contributed by atoms with Gasteiger partial charge >= 0.3 is 0 Å². The Morgan fingerprint density at radius 2 is 1.79 bits per heavy atom. The van der Waals surface area contributed by atoms with Crippen molar-refractivity contribution in [1.29, 1.82) is 0 Å². The molecular weight excluding hydrogens is 302 g/mol. The minimum Gasteiger partial charge on any atom is -0.368 e. The second-order valence-electron chi connectivity index (χ2n) is 4.50. The third-order valence-electron chi connectivity index (χ3n) is 2.98. The monoisotopic (exact) mass is 319 g/mol. The molecule has 0 saturated carbocycles. The molecule has 0 spiro atoms. The molecule has 1 heterocycles. The average molecular weight is 320 g/mol. The van der Waals surface area contributed by atoms with Gasteiger partial charge in [0.2, 0.25) is 0 Å². The molecular formula is C15H18BrN3. The van der Waals surface area contributed by atoms with Crippen molar-refractivity contribution in [2.75, 3.05) is 11.9 Å². The van der Waals surface area contributed by atoms with E-state index in [0.29, 0.717) is 0 Å². The first kappa shape index (κ1) is 14.0. The van der Waals surface area contributed by atoms with Crippen molar-refractivity contribution in [3.05, 3.63) is 40.1 Å². The standard InChI is InChI=1S/C15H18BrN3/c1-4-9-17-15-14(18-10(2)11(3)19-15)12-7-5-6-8-13(12)16/h5-8H,4,9H2,1-3H3,(H,17,19). The van der Waals surface area contributed by atoms with Crippen LogP contribution in [0, 0.1) is 13.8 Å². The van der Waals surface area contributed by atoms with Crippen molar-refractivity contribution in [1.82, 2.24) is 9.97 Å². The Bertz CT molecular complexity index is 582. The lowest BCUT2D eigenvalue weighted by molar-refractivity contribution is 0.953. The van der Waals surface area contributed by atoms with Gasteiger partial charge in [-0.1, -0.05) is 41.1 Å². The fourth-order valence-corrected chi connectivity index (χ4v) is 2.28. The Labute approximate surface area is 122 Å². The van der Waals surface area contributed by atoms with Gasteiger partial charge in [-0.3, -0.25) is 0 Å². The molecule has 1 N–H and O–H groups in total. The molecule has 0 amide bonds. The quantitative estimate of drug-likeness (QED) is 0.910. The maximum Gasteiger partial charge on any atom is 0.152 e. The van der Waals surface area contributed by atoms with Crippen LogP contribution in [-0.4, -0.2) is 16.5 Å². The molecule has 0 aliphatic heterocycles. The average Bonchev–Trinajstić information content (AvgIpc) is 2.40. The lowest BCUT2D eigenvalue weighted by Gasteiger charge is -2.13. The highest BCUT2D eigenvalue weighted by atomic mass is 79.9. The maximum absolute atomic E-state index is 4.70. The summed E-state index contributed by atoms with van der Waals surface area (Å²) in [5.41, 5.74) is 3.91. The molecule has 0 saturated heterocycles. The van der Waals surface area contributed by atoms with Gasteiger partial charge in [0.25, 0.3) is 0 Å². The number of hydrogen-bond acceptors (Lipinski definition) is 3. The van der Waals surface area contributed by atoms with Crippen LogP contribution in [0.25, 0.3) is 11.3 Å². The van der Waals surface area contributed by atoms with Crippen molar-refractivity contribution >= 4 is 21.7 Å². The van der Waals surface area contributed by atoms with E-state index in [2.05, 4.69) is 39.2 Å². The highest BCUT2D eigenvalue weighted by Crippen LogP contribution is 2.31. The predicted molar refractivity (Wildman–Crippen MR) is 83.4 cm³/mol. The van der Waals surface area contributed by atoms with Crippen LogP contribution in [0.3, 0.4) is 0 Å². The molecule has 1 aromatic heterocycles. The second kappa shape index (κ2) is 6.15. The lowest BCUT2D eigenvalue weighted by atomic mass is 10.1.